The van der Waals surface area contributed by atoms with Crippen LogP contribution in [0, 0.1) is 0 Å². The second-order valence-electron chi connectivity index (χ2n) is 5.76. The molecular formula is C18H19ClN2O3. The molecule has 2 aromatic rings. The second-order valence-corrected chi connectivity index (χ2v) is 6.17. The predicted molar refractivity (Wildman–Crippen MR) is 91.3 cm³/mol. The minimum atomic E-state index is -0.135. The molecule has 1 atom stereocenters. The first-order valence-corrected chi connectivity index (χ1v) is 8.20. The minimum absolute atomic E-state index is 0.0303. The lowest BCUT2D eigenvalue weighted by molar-refractivity contribution is 0.0784. The molecule has 1 fully saturated rings. The van der Waals surface area contributed by atoms with Gasteiger partial charge in [-0.15, -0.1) is 0 Å². The summed E-state index contributed by atoms with van der Waals surface area (Å²) >= 11 is 6.22. The Bertz CT molecular complexity index is 703. The van der Waals surface area contributed by atoms with Crippen molar-refractivity contribution in [2.75, 3.05) is 20.3 Å². The first-order valence-electron chi connectivity index (χ1n) is 7.83. The Hall–Kier alpha value is -2.11. The monoisotopic (exact) mass is 346 g/mol. The number of halogens is 1. The van der Waals surface area contributed by atoms with Crippen molar-refractivity contribution < 1.29 is 14.3 Å². The predicted octanol–water partition coefficient (Wildman–Crippen LogP) is 3.17. The molecular weight excluding hydrogens is 328 g/mol. The molecule has 0 N–H and O–H groups in total. The lowest BCUT2D eigenvalue weighted by atomic mass is 10.2. The maximum Gasteiger partial charge on any atom is 0.255 e. The summed E-state index contributed by atoms with van der Waals surface area (Å²) in [5, 5.41) is 0.334. The number of hydrogen-bond donors (Lipinski definition) is 0. The third-order valence-corrected chi connectivity index (χ3v) is 4.10. The summed E-state index contributed by atoms with van der Waals surface area (Å²) in [7, 11) is 1.75. The van der Waals surface area contributed by atoms with Gasteiger partial charge < -0.3 is 14.4 Å². The van der Waals surface area contributed by atoms with Crippen LogP contribution < -0.4 is 4.74 Å². The van der Waals surface area contributed by atoms with Crippen LogP contribution >= 0.6 is 11.6 Å². The van der Waals surface area contributed by atoms with Gasteiger partial charge in [-0.3, -0.25) is 4.79 Å². The van der Waals surface area contributed by atoms with E-state index in [1.54, 1.807) is 18.0 Å². The number of nitrogens with zero attached hydrogens (tertiary/aromatic N) is 2. The van der Waals surface area contributed by atoms with Gasteiger partial charge in [-0.2, -0.15) is 0 Å². The largest absolute Gasteiger partial charge is 0.471 e. The lowest BCUT2D eigenvalue weighted by Crippen LogP contribution is -2.26. The van der Waals surface area contributed by atoms with E-state index in [4.69, 9.17) is 21.1 Å². The quantitative estimate of drug-likeness (QED) is 0.834. The Morgan fingerprint density at radius 1 is 1.42 bits per heavy atom. The topological polar surface area (TPSA) is 51.7 Å². The molecule has 1 aromatic heterocycles. The average molecular weight is 347 g/mol. The van der Waals surface area contributed by atoms with Crippen LogP contribution in [0.15, 0.2) is 42.6 Å². The molecule has 5 nitrogen and oxygen atoms in total. The molecule has 1 aliphatic heterocycles. The van der Waals surface area contributed by atoms with Crippen LogP contribution in [0.1, 0.15) is 22.3 Å². The number of carbonyl (C=O) groups excluding carboxylic acids is 1. The van der Waals surface area contributed by atoms with Crippen molar-refractivity contribution in [2.24, 2.45) is 0 Å². The highest BCUT2D eigenvalue weighted by Crippen LogP contribution is 2.25. The highest BCUT2D eigenvalue weighted by molar-refractivity contribution is 6.32. The van der Waals surface area contributed by atoms with Gasteiger partial charge in [0.15, 0.2) is 0 Å². The van der Waals surface area contributed by atoms with Gasteiger partial charge in [0.05, 0.1) is 18.8 Å². The van der Waals surface area contributed by atoms with Crippen molar-refractivity contribution in [1.29, 1.82) is 0 Å². The van der Waals surface area contributed by atoms with Gasteiger partial charge in [0, 0.05) is 26.2 Å². The number of benzene rings is 1. The summed E-state index contributed by atoms with van der Waals surface area (Å²) in [4.78, 5) is 18.4. The molecule has 126 valence electrons. The van der Waals surface area contributed by atoms with Crippen LogP contribution in [0.25, 0.3) is 0 Å². The maximum atomic E-state index is 12.5. The summed E-state index contributed by atoms with van der Waals surface area (Å²) in [6, 6.07) is 11.4. The van der Waals surface area contributed by atoms with Crippen LogP contribution in [0.4, 0.5) is 0 Å². The Labute approximate surface area is 146 Å². The number of ether oxygens (including phenoxy) is 2. The molecule has 2 heterocycles. The Morgan fingerprint density at radius 2 is 2.21 bits per heavy atom. The first kappa shape index (κ1) is 16.7. The molecule has 1 aliphatic rings. The van der Waals surface area contributed by atoms with Gasteiger partial charge in [0.2, 0.25) is 5.88 Å². The maximum absolute atomic E-state index is 12.5. The van der Waals surface area contributed by atoms with Crippen LogP contribution in [0.2, 0.25) is 5.02 Å². The first-order chi connectivity index (χ1) is 11.6. The lowest BCUT2D eigenvalue weighted by Gasteiger charge is -2.18. The van der Waals surface area contributed by atoms with E-state index in [1.807, 2.05) is 30.3 Å². The third kappa shape index (κ3) is 4.04. The zero-order chi connectivity index (χ0) is 16.9. The molecule has 0 saturated carbocycles. The molecule has 1 aromatic carbocycles. The Kier molecular flexibility index (Phi) is 5.33. The third-order valence-electron chi connectivity index (χ3n) is 3.83. The van der Waals surface area contributed by atoms with Gasteiger partial charge in [-0.05, 0) is 11.6 Å². The Balaban J connectivity index is 1.67. The van der Waals surface area contributed by atoms with Crippen molar-refractivity contribution >= 4 is 17.5 Å². The number of pyridine rings is 1. The number of rotatable bonds is 5. The minimum Gasteiger partial charge on any atom is -0.471 e. The number of hydrogen-bond acceptors (Lipinski definition) is 4. The van der Waals surface area contributed by atoms with Crippen molar-refractivity contribution in [3.05, 3.63) is 58.7 Å². The van der Waals surface area contributed by atoms with Crippen molar-refractivity contribution in [3.8, 4) is 5.88 Å². The van der Waals surface area contributed by atoms with E-state index in [9.17, 15) is 4.79 Å². The average Bonchev–Trinajstić information content (AvgIpc) is 3.10. The summed E-state index contributed by atoms with van der Waals surface area (Å²) in [5.74, 6) is 0.207. The van der Waals surface area contributed by atoms with Gasteiger partial charge in [-0.25, -0.2) is 4.98 Å². The van der Waals surface area contributed by atoms with E-state index >= 15 is 0 Å². The normalized spacial score (nSPS) is 16.8. The molecule has 0 bridgehead atoms. The number of amides is 1. The molecule has 1 unspecified atom stereocenters. The molecule has 1 amide bonds. The van der Waals surface area contributed by atoms with E-state index in [0.717, 1.165) is 12.0 Å². The molecule has 0 radical (unpaired) electrons. The van der Waals surface area contributed by atoms with E-state index in [1.165, 1.54) is 6.20 Å². The highest BCUT2D eigenvalue weighted by atomic mass is 35.5. The fourth-order valence-corrected chi connectivity index (χ4v) is 2.75. The van der Waals surface area contributed by atoms with E-state index < -0.39 is 0 Å². The molecule has 24 heavy (non-hydrogen) atoms. The second kappa shape index (κ2) is 7.64. The summed E-state index contributed by atoms with van der Waals surface area (Å²) in [5.41, 5.74) is 1.50. The van der Waals surface area contributed by atoms with Crippen molar-refractivity contribution in [1.82, 2.24) is 9.88 Å². The van der Waals surface area contributed by atoms with Gasteiger partial charge in [-0.1, -0.05) is 41.9 Å². The molecule has 0 spiro atoms. The Morgan fingerprint density at radius 3 is 2.88 bits per heavy atom. The zero-order valence-corrected chi connectivity index (χ0v) is 14.2. The zero-order valence-electron chi connectivity index (χ0n) is 13.4. The van der Waals surface area contributed by atoms with Crippen LogP contribution in [0.5, 0.6) is 5.88 Å². The molecule has 3 rings (SSSR count). The van der Waals surface area contributed by atoms with E-state index in [2.05, 4.69) is 4.98 Å². The molecule has 0 aliphatic carbocycles. The van der Waals surface area contributed by atoms with Crippen LogP contribution in [-0.2, 0) is 11.3 Å². The SMILES string of the molecule is CN(Cc1ccccc1)C(=O)c1cnc(OC2CCOC2)c(Cl)c1. The van der Waals surface area contributed by atoms with E-state index in [0.29, 0.717) is 36.2 Å². The van der Waals surface area contributed by atoms with Crippen molar-refractivity contribution in [3.63, 3.8) is 0 Å². The highest BCUT2D eigenvalue weighted by Gasteiger charge is 2.20. The molecule has 1 saturated heterocycles. The van der Waals surface area contributed by atoms with Crippen LogP contribution in [0.3, 0.4) is 0 Å². The van der Waals surface area contributed by atoms with Gasteiger partial charge in [0.1, 0.15) is 11.1 Å². The van der Waals surface area contributed by atoms with Crippen LogP contribution in [-0.4, -0.2) is 42.2 Å². The van der Waals surface area contributed by atoms with Gasteiger partial charge in [0.25, 0.3) is 5.91 Å². The standard InChI is InChI=1S/C18H19ClN2O3/c1-21(11-13-5-3-2-4-6-13)18(22)14-9-16(19)17(20-10-14)24-15-7-8-23-12-15/h2-6,9-10,15H,7-8,11-12H2,1H3. The fourth-order valence-electron chi connectivity index (χ4n) is 2.54. The fraction of sp³-hybridized carbons (Fsp3) is 0.333. The van der Waals surface area contributed by atoms with E-state index in [-0.39, 0.29) is 12.0 Å². The van der Waals surface area contributed by atoms with Gasteiger partial charge >= 0.3 is 0 Å². The van der Waals surface area contributed by atoms with Crippen molar-refractivity contribution in [2.45, 2.75) is 19.1 Å². The molecule has 6 heteroatoms. The number of carbonyl (C=O) groups is 1. The summed E-state index contributed by atoms with van der Waals surface area (Å²) in [6.07, 6.45) is 2.29. The smallest absolute Gasteiger partial charge is 0.255 e. The summed E-state index contributed by atoms with van der Waals surface area (Å²) < 4.78 is 11.0. The summed E-state index contributed by atoms with van der Waals surface area (Å²) in [6.45, 7) is 1.75. The number of aromatic nitrogens is 1.